The number of rotatable bonds is 9. The molecule has 0 bridgehead atoms. The SMILES string of the molecule is COC(=O)C1=C(C)NC(C)(Nc2nc(-c3cc(OC)c(OC)c(OC)c3)cs2)C(C(=O)OC)C1c1ccccc1. The van der Waals surface area contributed by atoms with Gasteiger partial charge < -0.3 is 34.3 Å². The van der Waals surface area contributed by atoms with Crippen LogP contribution in [0.2, 0.25) is 0 Å². The normalized spacial score (nSPS) is 20.3. The molecule has 3 aromatic rings. The molecule has 2 N–H and O–H groups in total. The third kappa shape index (κ3) is 5.29. The number of allylic oxidation sites excluding steroid dienone is 1. The van der Waals surface area contributed by atoms with Gasteiger partial charge >= 0.3 is 11.9 Å². The van der Waals surface area contributed by atoms with Crippen molar-refractivity contribution < 1.29 is 33.3 Å². The molecule has 2 heterocycles. The second-order valence-electron chi connectivity index (χ2n) is 9.32. The lowest BCUT2D eigenvalue weighted by Crippen LogP contribution is -2.62. The first-order valence-corrected chi connectivity index (χ1v) is 13.3. The van der Waals surface area contributed by atoms with Gasteiger partial charge in [0.1, 0.15) is 11.6 Å². The fraction of sp³-hybridized carbons (Fsp3) is 0.345. The fourth-order valence-corrected chi connectivity index (χ4v) is 6.03. The van der Waals surface area contributed by atoms with Gasteiger partial charge in [0.25, 0.3) is 0 Å². The first-order valence-electron chi connectivity index (χ1n) is 12.4. The summed E-state index contributed by atoms with van der Waals surface area (Å²) in [4.78, 5) is 31.2. The Morgan fingerprint density at radius 1 is 0.975 bits per heavy atom. The van der Waals surface area contributed by atoms with Crippen LogP contribution in [0, 0.1) is 5.92 Å². The Balaban J connectivity index is 1.78. The van der Waals surface area contributed by atoms with E-state index in [9.17, 15) is 9.59 Å². The lowest BCUT2D eigenvalue weighted by molar-refractivity contribution is -0.149. The van der Waals surface area contributed by atoms with Crippen molar-refractivity contribution in [2.45, 2.75) is 25.4 Å². The fourth-order valence-electron chi connectivity index (χ4n) is 5.20. The molecule has 10 nitrogen and oxygen atoms in total. The highest BCUT2D eigenvalue weighted by molar-refractivity contribution is 7.14. The largest absolute Gasteiger partial charge is 0.493 e. The van der Waals surface area contributed by atoms with Crippen molar-refractivity contribution in [1.82, 2.24) is 10.3 Å². The van der Waals surface area contributed by atoms with Gasteiger partial charge in [-0.25, -0.2) is 9.78 Å². The predicted molar refractivity (Wildman–Crippen MR) is 152 cm³/mol. The van der Waals surface area contributed by atoms with E-state index < -0.39 is 29.4 Å². The molecule has 4 rings (SSSR count). The molecule has 212 valence electrons. The van der Waals surface area contributed by atoms with E-state index >= 15 is 0 Å². The number of anilines is 1. The Hall–Kier alpha value is -4.25. The third-order valence-corrected chi connectivity index (χ3v) is 7.73. The van der Waals surface area contributed by atoms with E-state index in [0.29, 0.717) is 39.3 Å². The van der Waals surface area contributed by atoms with Crippen LogP contribution in [-0.2, 0) is 19.1 Å². The van der Waals surface area contributed by atoms with E-state index in [1.165, 1.54) is 25.6 Å². The van der Waals surface area contributed by atoms with E-state index in [2.05, 4.69) is 10.6 Å². The Morgan fingerprint density at radius 3 is 2.17 bits per heavy atom. The summed E-state index contributed by atoms with van der Waals surface area (Å²) < 4.78 is 26.8. The first kappa shape index (κ1) is 28.8. The Labute approximate surface area is 237 Å². The minimum absolute atomic E-state index is 0.362. The average Bonchev–Trinajstić information content (AvgIpc) is 3.43. The molecule has 11 heteroatoms. The summed E-state index contributed by atoms with van der Waals surface area (Å²) in [6, 6.07) is 13.0. The molecule has 0 radical (unpaired) electrons. The second-order valence-corrected chi connectivity index (χ2v) is 10.2. The van der Waals surface area contributed by atoms with E-state index in [0.717, 1.165) is 11.1 Å². The number of carbonyl (C=O) groups is 2. The van der Waals surface area contributed by atoms with Gasteiger partial charge in [-0.1, -0.05) is 30.3 Å². The highest BCUT2D eigenvalue weighted by Crippen LogP contribution is 2.46. The Bertz CT molecular complexity index is 1400. The summed E-state index contributed by atoms with van der Waals surface area (Å²) in [6.45, 7) is 3.64. The van der Waals surface area contributed by atoms with Crippen LogP contribution in [0.5, 0.6) is 17.2 Å². The van der Waals surface area contributed by atoms with E-state index in [4.69, 9.17) is 28.7 Å². The zero-order chi connectivity index (χ0) is 29.0. The number of ether oxygens (including phenoxy) is 5. The Kier molecular flexibility index (Phi) is 8.53. The number of carbonyl (C=O) groups excluding carboxylic acids is 2. The monoisotopic (exact) mass is 567 g/mol. The molecule has 1 aromatic heterocycles. The van der Waals surface area contributed by atoms with Crippen molar-refractivity contribution in [3.63, 3.8) is 0 Å². The number of hydrogen-bond acceptors (Lipinski definition) is 11. The lowest BCUT2D eigenvalue weighted by atomic mass is 9.71. The van der Waals surface area contributed by atoms with Crippen LogP contribution >= 0.6 is 11.3 Å². The summed E-state index contributed by atoms with van der Waals surface area (Å²) in [6.07, 6.45) is 0. The van der Waals surface area contributed by atoms with Crippen LogP contribution in [0.25, 0.3) is 11.3 Å². The second kappa shape index (κ2) is 11.9. The molecule has 2 aromatic carbocycles. The highest BCUT2D eigenvalue weighted by Gasteiger charge is 2.52. The average molecular weight is 568 g/mol. The summed E-state index contributed by atoms with van der Waals surface area (Å²) in [5, 5.41) is 9.21. The molecule has 0 spiro atoms. The quantitative estimate of drug-likeness (QED) is 0.356. The number of nitrogens with one attached hydrogen (secondary N) is 2. The molecule has 3 unspecified atom stereocenters. The van der Waals surface area contributed by atoms with Gasteiger partial charge in [-0.15, -0.1) is 11.3 Å². The minimum Gasteiger partial charge on any atom is -0.493 e. The third-order valence-electron chi connectivity index (χ3n) is 6.97. The molecule has 0 amide bonds. The minimum atomic E-state index is -1.08. The van der Waals surface area contributed by atoms with E-state index in [1.807, 2.05) is 54.8 Å². The van der Waals surface area contributed by atoms with Gasteiger partial charge in [0.05, 0.1) is 46.8 Å². The van der Waals surface area contributed by atoms with E-state index in [-0.39, 0.29) is 0 Å². The number of methoxy groups -OCH3 is 5. The first-order chi connectivity index (χ1) is 19.2. The molecule has 3 atom stereocenters. The molecule has 0 saturated heterocycles. The zero-order valence-corrected chi connectivity index (χ0v) is 24.3. The van der Waals surface area contributed by atoms with Crippen LogP contribution in [-0.4, -0.2) is 58.1 Å². The van der Waals surface area contributed by atoms with Gasteiger partial charge in [-0.05, 0) is 31.5 Å². The van der Waals surface area contributed by atoms with Crippen molar-refractivity contribution in [2.24, 2.45) is 5.92 Å². The van der Waals surface area contributed by atoms with Crippen molar-refractivity contribution >= 4 is 28.4 Å². The number of hydrogen-bond donors (Lipinski definition) is 2. The van der Waals surface area contributed by atoms with Gasteiger partial charge in [-0.2, -0.15) is 0 Å². The smallest absolute Gasteiger partial charge is 0.336 e. The van der Waals surface area contributed by atoms with Gasteiger partial charge in [0, 0.05) is 22.6 Å². The van der Waals surface area contributed by atoms with Crippen LogP contribution in [0.3, 0.4) is 0 Å². The standard InChI is InChI=1S/C29H33N3O7S/c1-16-22(26(33)38-6)23(17-11-9-8-10-12-17)24(27(34)39-7)29(2,31-16)32-28-30-19(15-40-28)18-13-20(35-3)25(37-5)21(14-18)36-4/h8-15,23-24,31H,1-7H3,(H,30,32). The summed E-state index contributed by atoms with van der Waals surface area (Å²) in [7, 11) is 7.31. The summed E-state index contributed by atoms with van der Waals surface area (Å²) in [5.74, 6) is -1.01. The molecule has 1 aliphatic rings. The summed E-state index contributed by atoms with van der Waals surface area (Å²) >= 11 is 1.37. The van der Waals surface area contributed by atoms with Crippen molar-refractivity contribution in [1.29, 1.82) is 0 Å². The molecule has 0 fully saturated rings. The van der Waals surface area contributed by atoms with E-state index in [1.54, 1.807) is 28.3 Å². The van der Waals surface area contributed by atoms with Gasteiger partial charge in [0.15, 0.2) is 16.6 Å². The number of esters is 2. The zero-order valence-electron chi connectivity index (χ0n) is 23.5. The molecule has 0 aliphatic carbocycles. The maximum atomic E-state index is 13.4. The van der Waals surface area contributed by atoms with Crippen LogP contribution in [0.4, 0.5) is 5.13 Å². The maximum Gasteiger partial charge on any atom is 0.336 e. The van der Waals surface area contributed by atoms with Crippen molar-refractivity contribution in [3.8, 4) is 28.5 Å². The number of thiazole rings is 1. The van der Waals surface area contributed by atoms with Crippen molar-refractivity contribution in [3.05, 3.63) is 64.7 Å². The molecule has 0 saturated carbocycles. The molecular weight excluding hydrogens is 534 g/mol. The molecular formula is C29H33N3O7S. The number of nitrogens with zero attached hydrogens (tertiary/aromatic N) is 1. The van der Waals surface area contributed by atoms with Crippen LogP contribution < -0.4 is 24.8 Å². The number of aromatic nitrogens is 1. The number of benzene rings is 2. The summed E-state index contributed by atoms with van der Waals surface area (Å²) in [5.41, 5.74) is 2.07. The Morgan fingerprint density at radius 2 is 1.62 bits per heavy atom. The molecule has 40 heavy (non-hydrogen) atoms. The highest BCUT2D eigenvalue weighted by atomic mass is 32.1. The topological polar surface area (TPSA) is 117 Å². The van der Waals surface area contributed by atoms with Crippen LogP contribution in [0.1, 0.15) is 25.3 Å². The van der Waals surface area contributed by atoms with Crippen molar-refractivity contribution in [2.75, 3.05) is 40.9 Å². The van der Waals surface area contributed by atoms with Crippen LogP contribution in [0.15, 0.2) is 59.1 Å². The predicted octanol–water partition coefficient (Wildman–Crippen LogP) is 4.59. The van der Waals surface area contributed by atoms with Gasteiger partial charge in [-0.3, -0.25) is 4.79 Å². The lowest BCUT2D eigenvalue weighted by Gasteiger charge is -2.46. The molecule has 1 aliphatic heterocycles. The van der Waals surface area contributed by atoms with Gasteiger partial charge in [0.2, 0.25) is 5.75 Å². The maximum absolute atomic E-state index is 13.4.